The van der Waals surface area contributed by atoms with Crippen LogP contribution in [0, 0.1) is 17.8 Å². The first kappa shape index (κ1) is 15.8. The minimum absolute atomic E-state index is 0.696. The van der Waals surface area contributed by atoms with Crippen LogP contribution in [-0.4, -0.2) is 61.7 Å². The molecule has 2 saturated heterocycles. The fourth-order valence-electron chi connectivity index (χ4n) is 5.69. The van der Waals surface area contributed by atoms with E-state index in [1.807, 2.05) is 0 Å². The van der Waals surface area contributed by atoms with Gasteiger partial charge in [-0.2, -0.15) is 0 Å². The van der Waals surface area contributed by atoms with E-state index in [9.17, 15) is 0 Å². The Hall–Kier alpha value is -0.120. The molecule has 3 rings (SSSR count). The van der Waals surface area contributed by atoms with Crippen LogP contribution in [0.2, 0.25) is 0 Å². The Bertz CT molecular complexity index is 345. The van der Waals surface area contributed by atoms with Gasteiger partial charge in [0.25, 0.3) is 0 Å². The van der Waals surface area contributed by atoms with E-state index in [1.165, 1.54) is 51.7 Å². The van der Waals surface area contributed by atoms with Crippen LogP contribution in [0.4, 0.5) is 0 Å². The Balaban J connectivity index is 1.68. The first-order valence-electron chi connectivity index (χ1n) is 9.21. The maximum Gasteiger partial charge on any atom is 0.0275 e. The highest BCUT2D eigenvalue weighted by atomic mass is 15.2. The lowest BCUT2D eigenvalue weighted by Gasteiger charge is -2.52. The number of nitrogens with one attached hydrogen (secondary N) is 1. The summed E-state index contributed by atoms with van der Waals surface area (Å²) < 4.78 is 0. The summed E-state index contributed by atoms with van der Waals surface area (Å²) in [6.45, 7) is 8.89. The van der Waals surface area contributed by atoms with Gasteiger partial charge >= 0.3 is 0 Å². The molecular weight excluding hydrogens is 258 g/mol. The van der Waals surface area contributed by atoms with Crippen molar-refractivity contribution in [3.63, 3.8) is 0 Å². The summed E-state index contributed by atoms with van der Waals surface area (Å²) in [5.74, 6) is 2.64. The minimum atomic E-state index is 0.696. The zero-order valence-electron chi connectivity index (χ0n) is 14.5. The first-order chi connectivity index (χ1) is 10.1. The minimum Gasteiger partial charge on any atom is -0.315 e. The van der Waals surface area contributed by atoms with Crippen LogP contribution in [0.1, 0.15) is 46.0 Å². The van der Waals surface area contributed by atoms with E-state index >= 15 is 0 Å². The summed E-state index contributed by atoms with van der Waals surface area (Å²) in [5, 5.41) is 3.64. The summed E-state index contributed by atoms with van der Waals surface area (Å²) in [7, 11) is 4.51. The molecule has 3 nitrogen and oxygen atoms in total. The van der Waals surface area contributed by atoms with E-state index in [0.29, 0.717) is 6.04 Å². The Labute approximate surface area is 131 Å². The molecule has 6 unspecified atom stereocenters. The van der Waals surface area contributed by atoms with E-state index < -0.39 is 0 Å². The summed E-state index contributed by atoms with van der Waals surface area (Å²) in [5.41, 5.74) is 0. The van der Waals surface area contributed by atoms with Gasteiger partial charge in [-0.05, 0) is 70.5 Å². The van der Waals surface area contributed by atoms with Crippen LogP contribution in [0.25, 0.3) is 0 Å². The molecule has 0 aromatic carbocycles. The summed E-state index contributed by atoms with van der Waals surface area (Å²) in [6.07, 6.45) is 7.01. The summed E-state index contributed by atoms with van der Waals surface area (Å²) in [4.78, 5) is 5.49. The lowest BCUT2D eigenvalue weighted by atomic mass is 9.74. The third-order valence-corrected chi connectivity index (χ3v) is 6.60. The maximum absolute atomic E-state index is 3.64. The summed E-state index contributed by atoms with van der Waals surface area (Å²) >= 11 is 0. The molecule has 3 heteroatoms. The molecule has 1 aliphatic carbocycles. The molecule has 122 valence electrons. The van der Waals surface area contributed by atoms with E-state index in [4.69, 9.17) is 0 Å². The molecule has 3 aliphatic rings. The third kappa shape index (κ3) is 3.16. The fraction of sp³-hybridized carbons (Fsp3) is 1.00. The number of rotatable bonds is 2. The average molecular weight is 293 g/mol. The quantitative estimate of drug-likeness (QED) is 0.843. The highest BCUT2D eigenvalue weighted by Gasteiger charge is 2.41. The van der Waals surface area contributed by atoms with Gasteiger partial charge in [-0.3, -0.25) is 4.90 Å². The van der Waals surface area contributed by atoms with Crippen molar-refractivity contribution >= 4 is 0 Å². The SMILES string of the molecule is CNC1CC(C)CC(C)C1N1CCC2C(CCCN2C)C1. The van der Waals surface area contributed by atoms with Gasteiger partial charge in [-0.15, -0.1) is 0 Å². The van der Waals surface area contributed by atoms with E-state index in [-0.39, 0.29) is 0 Å². The van der Waals surface area contributed by atoms with Crippen molar-refractivity contribution in [1.82, 2.24) is 15.1 Å². The molecule has 21 heavy (non-hydrogen) atoms. The fourth-order valence-corrected chi connectivity index (χ4v) is 5.69. The van der Waals surface area contributed by atoms with Crippen LogP contribution in [0.5, 0.6) is 0 Å². The van der Waals surface area contributed by atoms with Crippen molar-refractivity contribution in [3.05, 3.63) is 0 Å². The molecule has 2 heterocycles. The Kier molecular flexibility index (Phi) is 4.92. The number of hydrogen-bond donors (Lipinski definition) is 1. The zero-order valence-corrected chi connectivity index (χ0v) is 14.5. The van der Waals surface area contributed by atoms with Gasteiger partial charge in [0.05, 0.1) is 0 Å². The van der Waals surface area contributed by atoms with Crippen molar-refractivity contribution in [2.45, 2.75) is 64.1 Å². The molecule has 0 aromatic rings. The van der Waals surface area contributed by atoms with Gasteiger partial charge in [-0.1, -0.05) is 13.8 Å². The topological polar surface area (TPSA) is 18.5 Å². The van der Waals surface area contributed by atoms with Crippen molar-refractivity contribution in [1.29, 1.82) is 0 Å². The number of likely N-dealkylation sites (N-methyl/N-ethyl adjacent to an activating group) is 1. The van der Waals surface area contributed by atoms with E-state index in [2.05, 4.69) is 43.1 Å². The van der Waals surface area contributed by atoms with E-state index in [0.717, 1.165) is 29.8 Å². The maximum atomic E-state index is 3.64. The van der Waals surface area contributed by atoms with Gasteiger partial charge in [0.2, 0.25) is 0 Å². The number of likely N-dealkylation sites (tertiary alicyclic amines) is 2. The van der Waals surface area contributed by atoms with E-state index in [1.54, 1.807) is 0 Å². The van der Waals surface area contributed by atoms with Crippen molar-refractivity contribution in [2.24, 2.45) is 17.8 Å². The molecule has 1 N–H and O–H groups in total. The molecule has 6 atom stereocenters. The molecule has 0 radical (unpaired) electrons. The van der Waals surface area contributed by atoms with Crippen molar-refractivity contribution in [3.8, 4) is 0 Å². The molecule has 0 bridgehead atoms. The monoisotopic (exact) mass is 293 g/mol. The predicted molar refractivity (Wildman–Crippen MR) is 89.5 cm³/mol. The number of piperidine rings is 2. The van der Waals surface area contributed by atoms with Crippen molar-refractivity contribution < 1.29 is 0 Å². The molecule has 1 saturated carbocycles. The van der Waals surface area contributed by atoms with Crippen LogP contribution >= 0.6 is 0 Å². The third-order valence-electron chi connectivity index (χ3n) is 6.60. The molecule has 2 aliphatic heterocycles. The Morgan fingerprint density at radius 2 is 1.86 bits per heavy atom. The number of nitrogens with zero attached hydrogens (tertiary/aromatic N) is 2. The molecule has 0 amide bonds. The standard InChI is InChI=1S/C18H35N3/c1-13-10-14(2)18(16(11-13)19-3)21-9-7-17-15(12-21)6-5-8-20(17)4/h13-19H,5-12H2,1-4H3. The lowest BCUT2D eigenvalue weighted by molar-refractivity contribution is -0.0155. The van der Waals surface area contributed by atoms with Crippen LogP contribution in [0.3, 0.4) is 0 Å². The Morgan fingerprint density at radius 1 is 1.05 bits per heavy atom. The highest BCUT2D eigenvalue weighted by Crippen LogP contribution is 2.36. The molecule has 0 spiro atoms. The number of fused-ring (bicyclic) bond motifs is 1. The van der Waals surface area contributed by atoms with Gasteiger partial charge < -0.3 is 10.2 Å². The number of hydrogen-bond acceptors (Lipinski definition) is 3. The lowest BCUT2D eigenvalue weighted by Crippen LogP contribution is -2.61. The van der Waals surface area contributed by atoms with Gasteiger partial charge in [0, 0.05) is 31.2 Å². The largest absolute Gasteiger partial charge is 0.315 e. The zero-order chi connectivity index (χ0) is 15.0. The Morgan fingerprint density at radius 3 is 2.62 bits per heavy atom. The highest BCUT2D eigenvalue weighted by molar-refractivity contribution is 4.98. The first-order valence-corrected chi connectivity index (χ1v) is 9.21. The molecule has 0 aromatic heterocycles. The normalized spacial score (nSPS) is 46.3. The molecular formula is C18H35N3. The van der Waals surface area contributed by atoms with Gasteiger partial charge in [0.1, 0.15) is 0 Å². The van der Waals surface area contributed by atoms with Crippen LogP contribution < -0.4 is 5.32 Å². The van der Waals surface area contributed by atoms with Gasteiger partial charge in [0.15, 0.2) is 0 Å². The average Bonchev–Trinajstić information content (AvgIpc) is 2.46. The predicted octanol–water partition coefficient (Wildman–Crippen LogP) is 2.43. The molecule has 3 fully saturated rings. The van der Waals surface area contributed by atoms with Gasteiger partial charge in [-0.25, -0.2) is 0 Å². The smallest absolute Gasteiger partial charge is 0.0275 e. The second-order valence-corrected chi connectivity index (χ2v) is 8.17. The second kappa shape index (κ2) is 6.55. The summed E-state index contributed by atoms with van der Waals surface area (Å²) in [6, 6.07) is 2.32. The second-order valence-electron chi connectivity index (χ2n) is 8.17. The van der Waals surface area contributed by atoms with Crippen LogP contribution in [-0.2, 0) is 0 Å². The van der Waals surface area contributed by atoms with Crippen LogP contribution in [0.15, 0.2) is 0 Å². The van der Waals surface area contributed by atoms with Crippen molar-refractivity contribution in [2.75, 3.05) is 33.7 Å².